The summed E-state index contributed by atoms with van der Waals surface area (Å²) in [7, 11) is -4.96. The Hall–Kier alpha value is -0.450. The second-order valence-corrected chi connectivity index (χ2v) is 4.21. The Bertz CT molecular complexity index is 318. The normalized spacial score (nSPS) is 39.7. The largest absolute Gasteiger partial charge is 0.756 e. The number of phosphoric acid groups is 1. The Morgan fingerprint density at radius 3 is 2.73 bits per heavy atom. The van der Waals surface area contributed by atoms with Crippen LogP contribution in [0.4, 0.5) is 0 Å². The average Bonchev–Trinajstić information content (AvgIpc) is 2.40. The predicted molar refractivity (Wildman–Crippen MR) is 45.1 cm³/mol. The third-order valence-electron chi connectivity index (χ3n) is 2.03. The number of terminal acetylenes is 1. The van der Waals surface area contributed by atoms with Gasteiger partial charge in [0, 0.05) is 6.42 Å². The first-order valence-electron chi connectivity index (χ1n) is 4.00. The molecular weight excluding hydrogens is 227 g/mol. The van der Waals surface area contributed by atoms with Crippen LogP contribution in [0.2, 0.25) is 0 Å². The van der Waals surface area contributed by atoms with Crippen molar-refractivity contribution in [2.45, 2.75) is 24.4 Å². The summed E-state index contributed by atoms with van der Waals surface area (Å²) in [5.74, 6) is 2.02. The van der Waals surface area contributed by atoms with Gasteiger partial charge < -0.3 is 24.7 Å². The van der Waals surface area contributed by atoms with Gasteiger partial charge in [0.25, 0.3) is 7.82 Å². The summed E-state index contributed by atoms with van der Waals surface area (Å²) < 4.78 is 19.3. The van der Waals surface area contributed by atoms with Crippen molar-refractivity contribution < 1.29 is 33.8 Å². The van der Waals surface area contributed by atoms with Crippen LogP contribution >= 0.6 is 7.82 Å². The third kappa shape index (κ3) is 2.77. The van der Waals surface area contributed by atoms with E-state index in [-0.39, 0.29) is 6.42 Å². The predicted octanol–water partition coefficient (Wildman–Crippen LogP) is -2.06. The van der Waals surface area contributed by atoms with Crippen molar-refractivity contribution in [3.63, 3.8) is 0 Å². The quantitative estimate of drug-likeness (QED) is 0.381. The van der Waals surface area contributed by atoms with Crippen molar-refractivity contribution in [2.24, 2.45) is 0 Å². The van der Waals surface area contributed by atoms with Crippen molar-refractivity contribution in [2.75, 3.05) is 6.61 Å². The first-order valence-corrected chi connectivity index (χ1v) is 5.49. The van der Waals surface area contributed by atoms with Gasteiger partial charge in [-0.3, -0.25) is 9.09 Å². The fourth-order valence-corrected chi connectivity index (χ4v) is 1.69. The van der Waals surface area contributed by atoms with Crippen molar-refractivity contribution in [3.8, 4) is 12.3 Å². The van der Waals surface area contributed by atoms with E-state index in [4.69, 9.17) is 21.2 Å². The van der Waals surface area contributed by atoms with Crippen LogP contribution in [0.25, 0.3) is 0 Å². The smallest absolute Gasteiger partial charge is 0.267 e. The van der Waals surface area contributed by atoms with Crippen LogP contribution in [0.5, 0.6) is 0 Å². The first-order chi connectivity index (χ1) is 6.83. The molecule has 1 heterocycles. The highest BCUT2D eigenvalue weighted by atomic mass is 31.2. The Balaban J connectivity index is 2.72. The number of aliphatic hydroxyl groups is 2. The van der Waals surface area contributed by atoms with Crippen molar-refractivity contribution in [3.05, 3.63) is 0 Å². The van der Waals surface area contributed by atoms with Gasteiger partial charge >= 0.3 is 0 Å². The van der Waals surface area contributed by atoms with Crippen LogP contribution in [0.15, 0.2) is 0 Å². The lowest BCUT2D eigenvalue weighted by Crippen LogP contribution is -2.41. The highest BCUT2D eigenvalue weighted by Gasteiger charge is 2.48. The molecule has 1 aliphatic rings. The molecule has 7 nitrogen and oxygen atoms in total. The molecule has 0 spiro atoms. The lowest BCUT2D eigenvalue weighted by Gasteiger charge is -2.24. The lowest BCUT2D eigenvalue weighted by atomic mass is 9.99. The molecule has 0 amide bonds. The summed E-state index contributed by atoms with van der Waals surface area (Å²) in [4.78, 5) is 18.7. The third-order valence-corrected chi connectivity index (χ3v) is 2.53. The second kappa shape index (κ2) is 4.20. The van der Waals surface area contributed by atoms with Crippen LogP contribution in [0, 0.1) is 12.3 Å². The van der Waals surface area contributed by atoms with Crippen LogP contribution < -0.4 is 4.89 Å². The molecule has 1 rings (SSSR count). The van der Waals surface area contributed by atoms with Gasteiger partial charge in [-0.1, -0.05) is 5.92 Å². The molecule has 0 aromatic heterocycles. The van der Waals surface area contributed by atoms with Gasteiger partial charge in [-0.2, -0.15) is 0 Å². The molecule has 0 saturated carbocycles. The molecule has 4 atom stereocenters. The Morgan fingerprint density at radius 2 is 2.40 bits per heavy atom. The number of rotatable bonds is 3. The molecule has 0 bridgehead atoms. The first kappa shape index (κ1) is 12.6. The zero-order valence-corrected chi connectivity index (χ0v) is 8.46. The number of aliphatic hydroxyl groups excluding tert-OH is 2. The second-order valence-electron chi connectivity index (χ2n) is 3.06. The van der Waals surface area contributed by atoms with E-state index >= 15 is 0 Å². The minimum atomic E-state index is -4.96. The molecule has 3 N–H and O–H groups in total. The maximum absolute atomic E-state index is 10.4. The van der Waals surface area contributed by atoms with Crippen molar-refractivity contribution in [1.82, 2.24) is 0 Å². The van der Waals surface area contributed by atoms with E-state index in [2.05, 4.69) is 4.52 Å². The molecule has 0 radical (unpaired) electrons. The molecule has 0 aromatic rings. The van der Waals surface area contributed by atoms with Gasteiger partial charge in [0.1, 0.15) is 6.10 Å². The van der Waals surface area contributed by atoms with Gasteiger partial charge in [-0.15, -0.1) is 6.42 Å². The molecule has 1 aliphatic heterocycles. The Labute approximate surface area is 85.9 Å². The van der Waals surface area contributed by atoms with Crippen molar-refractivity contribution >= 4 is 7.82 Å². The summed E-state index contributed by atoms with van der Waals surface area (Å²) in [5, 5.41) is 18.3. The van der Waals surface area contributed by atoms with Crippen LogP contribution in [0.1, 0.15) is 6.42 Å². The maximum Gasteiger partial charge on any atom is 0.267 e. The van der Waals surface area contributed by atoms with Gasteiger partial charge in [-0.05, 0) is 0 Å². The molecule has 1 unspecified atom stereocenters. The number of hydrogen-bond donors (Lipinski definition) is 3. The van der Waals surface area contributed by atoms with E-state index in [1.165, 1.54) is 0 Å². The zero-order valence-electron chi connectivity index (χ0n) is 7.57. The molecule has 0 aromatic carbocycles. The molecule has 15 heavy (non-hydrogen) atoms. The summed E-state index contributed by atoms with van der Waals surface area (Å²) in [5.41, 5.74) is -1.68. The Kier molecular flexibility index (Phi) is 3.53. The summed E-state index contributed by atoms with van der Waals surface area (Å²) >= 11 is 0. The van der Waals surface area contributed by atoms with E-state index in [1.54, 1.807) is 0 Å². The number of hydrogen-bond acceptors (Lipinski definition) is 6. The minimum absolute atomic E-state index is 0.252. The van der Waals surface area contributed by atoms with Crippen LogP contribution in [0.3, 0.4) is 0 Å². The summed E-state index contributed by atoms with van der Waals surface area (Å²) in [6.45, 7) is -0.681. The van der Waals surface area contributed by atoms with Gasteiger partial charge in [0.15, 0.2) is 11.9 Å². The SMILES string of the molecule is C#C[C@]1(CO)O[C@H](OP(=O)([O-])O)C[C@@H]1O. The fraction of sp³-hybridized carbons (Fsp3) is 0.714. The van der Waals surface area contributed by atoms with Crippen LogP contribution in [-0.2, 0) is 13.8 Å². The maximum atomic E-state index is 10.4. The van der Waals surface area contributed by atoms with E-state index in [9.17, 15) is 14.6 Å². The van der Waals surface area contributed by atoms with Gasteiger partial charge in [0.05, 0.1) is 6.61 Å². The molecular formula is C7H10O7P-. The standard InChI is InChI=1S/C7H11O7P/c1-2-7(4-8)5(9)3-6(13-7)14-15(10,11)12/h1,5-6,8-9H,3-4H2,(H2,10,11,12)/p-1/t5-,6+,7+/m0/s1. The average molecular weight is 237 g/mol. The molecule has 86 valence electrons. The summed E-state index contributed by atoms with van der Waals surface area (Å²) in [6, 6.07) is 0. The van der Waals surface area contributed by atoms with Crippen molar-refractivity contribution in [1.29, 1.82) is 0 Å². The van der Waals surface area contributed by atoms with E-state index in [0.29, 0.717) is 0 Å². The van der Waals surface area contributed by atoms with Crippen LogP contribution in [-0.4, -0.2) is 39.7 Å². The van der Waals surface area contributed by atoms with Gasteiger partial charge in [-0.25, -0.2) is 0 Å². The van der Waals surface area contributed by atoms with E-state index in [0.717, 1.165) is 0 Å². The highest BCUT2D eigenvalue weighted by Crippen LogP contribution is 2.40. The molecule has 0 aliphatic carbocycles. The number of ether oxygens (including phenoxy) is 1. The van der Waals surface area contributed by atoms with E-state index < -0.39 is 32.4 Å². The van der Waals surface area contributed by atoms with Gasteiger partial charge in [0.2, 0.25) is 0 Å². The molecule has 1 saturated heterocycles. The monoisotopic (exact) mass is 237 g/mol. The minimum Gasteiger partial charge on any atom is -0.756 e. The Morgan fingerprint density at radius 1 is 1.80 bits per heavy atom. The zero-order chi connectivity index (χ0) is 11.7. The fourth-order valence-electron chi connectivity index (χ4n) is 1.27. The number of phosphoric ester groups is 1. The summed E-state index contributed by atoms with van der Waals surface area (Å²) in [6.07, 6.45) is 2.13. The molecule has 8 heteroatoms. The molecule has 1 fully saturated rings. The topological polar surface area (TPSA) is 119 Å². The van der Waals surface area contributed by atoms with E-state index in [1.807, 2.05) is 5.92 Å². The lowest BCUT2D eigenvalue weighted by molar-refractivity contribution is -0.241. The highest BCUT2D eigenvalue weighted by molar-refractivity contribution is 7.44.